The molecule has 1 amide bonds. The molecule has 0 saturated carbocycles. The normalized spacial score (nSPS) is 15.2. The van der Waals surface area contributed by atoms with Crippen LogP contribution in [0.5, 0.6) is 5.75 Å². The van der Waals surface area contributed by atoms with Crippen molar-refractivity contribution < 1.29 is 42.3 Å². The first-order chi connectivity index (χ1) is 15.1. The van der Waals surface area contributed by atoms with Crippen molar-refractivity contribution in [2.45, 2.75) is 31.6 Å². The highest BCUT2D eigenvalue weighted by Gasteiger charge is 2.39. The van der Waals surface area contributed by atoms with Crippen molar-refractivity contribution in [3.05, 3.63) is 65.2 Å². The first-order valence-corrected chi connectivity index (χ1v) is 9.67. The van der Waals surface area contributed by atoms with Crippen LogP contribution < -0.4 is 9.97 Å². The van der Waals surface area contributed by atoms with Gasteiger partial charge in [-0.2, -0.15) is 0 Å². The van der Waals surface area contributed by atoms with Gasteiger partial charge in [-0.25, -0.2) is 18.4 Å². The maximum Gasteiger partial charge on any atom is 0.547 e. The molecule has 0 radical (unpaired) electrons. The molecule has 2 aromatic rings. The Kier molecular flexibility index (Phi) is 7.09. The lowest BCUT2D eigenvalue weighted by Gasteiger charge is -2.29. The molecule has 1 heterocycles. The maximum absolute atomic E-state index is 13.0. The van der Waals surface area contributed by atoms with E-state index < -0.39 is 50.0 Å². The second-order valence-corrected chi connectivity index (χ2v) is 7.27. The van der Waals surface area contributed by atoms with Crippen LogP contribution in [0.2, 0.25) is 0 Å². The Hall–Kier alpha value is -3.47. The summed E-state index contributed by atoms with van der Waals surface area (Å²) in [4.78, 5) is 36.1. The van der Waals surface area contributed by atoms with E-state index in [0.29, 0.717) is 18.1 Å². The molecule has 11 heteroatoms. The summed E-state index contributed by atoms with van der Waals surface area (Å²) in [6, 6.07) is 12.7. The minimum absolute atomic E-state index is 0.0258. The number of benzene rings is 2. The number of carbonyl (C=O) groups excluding carboxylic acids is 3. The monoisotopic (exact) mass is 447 g/mol. The van der Waals surface area contributed by atoms with Crippen LogP contribution in [0.1, 0.15) is 39.6 Å². The van der Waals surface area contributed by atoms with Crippen molar-refractivity contribution in [1.29, 1.82) is 0 Å². The van der Waals surface area contributed by atoms with Gasteiger partial charge in [-0.1, -0.05) is 30.3 Å². The number of hydrogen-bond acceptors (Lipinski definition) is 7. The van der Waals surface area contributed by atoms with E-state index in [9.17, 15) is 28.2 Å². The number of rotatable bonds is 7. The number of para-hydroxylation sites is 1. The summed E-state index contributed by atoms with van der Waals surface area (Å²) >= 11 is 0. The summed E-state index contributed by atoms with van der Waals surface area (Å²) in [6.45, 7) is -0.0204. The summed E-state index contributed by atoms with van der Waals surface area (Å²) in [7, 11) is -1.57. The van der Waals surface area contributed by atoms with Crippen LogP contribution in [0.4, 0.5) is 8.78 Å². The lowest BCUT2D eigenvalue weighted by Crippen LogP contribution is -2.53. The number of alkyl halides is 2. The number of carbonyl (C=O) groups is 3. The molecular weight excluding hydrogens is 427 g/mol. The quantitative estimate of drug-likeness (QED) is 0.380. The van der Waals surface area contributed by atoms with Gasteiger partial charge in [0.15, 0.2) is 0 Å². The molecule has 0 aliphatic carbocycles. The molecule has 32 heavy (non-hydrogen) atoms. The predicted molar refractivity (Wildman–Crippen MR) is 108 cm³/mol. The van der Waals surface area contributed by atoms with Crippen LogP contribution in [0, 0.1) is 0 Å². The molecule has 1 unspecified atom stereocenters. The Morgan fingerprint density at radius 2 is 1.81 bits per heavy atom. The fourth-order valence-electron chi connectivity index (χ4n) is 3.12. The number of esters is 2. The van der Waals surface area contributed by atoms with E-state index in [1.165, 1.54) is 12.1 Å². The summed E-state index contributed by atoms with van der Waals surface area (Å²) in [5, 5.41) is 12.5. The molecule has 0 spiro atoms. The Labute approximate surface area is 182 Å². The topological polar surface area (TPSA) is 111 Å². The van der Waals surface area contributed by atoms with E-state index in [2.05, 4.69) is 5.32 Å². The van der Waals surface area contributed by atoms with Crippen molar-refractivity contribution in [2.24, 2.45) is 0 Å². The van der Waals surface area contributed by atoms with Gasteiger partial charge >= 0.3 is 19.1 Å². The number of fused-ring (bicyclic) bond motifs is 1. The van der Waals surface area contributed by atoms with Gasteiger partial charge in [-0.3, -0.25) is 4.79 Å². The van der Waals surface area contributed by atoms with Gasteiger partial charge in [-0.15, -0.1) is 0 Å². The van der Waals surface area contributed by atoms with E-state index in [1.54, 1.807) is 36.4 Å². The average molecular weight is 447 g/mol. The fourth-order valence-corrected chi connectivity index (χ4v) is 3.12. The molecule has 8 nitrogen and oxygen atoms in total. The lowest BCUT2D eigenvalue weighted by molar-refractivity contribution is -0.127. The Morgan fingerprint density at radius 1 is 1.12 bits per heavy atom. The second-order valence-electron chi connectivity index (χ2n) is 7.27. The molecule has 3 rings (SSSR count). The zero-order chi connectivity index (χ0) is 23.3. The van der Waals surface area contributed by atoms with E-state index >= 15 is 0 Å². The smallest absolute Gasteiger partial charge is 0.534 e. The molecule has 0 fully saturated rings. The minimum atomic E-state index is -3.19. The van der Waals surface area contributed by atoms with Crippen molar-refractivity contribution in [1.82, 2.24) is 5.32 Å². The van der Waals surface area contributed by atoms with Crippen LogP contribution in [0.3, 0.4) is 0 Å². The van der Waals surface area contributed by atoms with Gasteiger partial charge in [0, 0.05) is 0 Å². The highest BCUT2D eigenvalue weighted by Crippen LogP contribution is 2.31. The number of ether oxygens (including phenoxy) is 2. The largest absolute Gasteiger partial charge is 0.547 e. The highest BCUT2D eigenvalue weighted by molar-refractivity contribution is 6.47. The number of nitrogens with one attached hydrogen (secondary N) is 1. The molecule has 2 N–H and O–H groups in total. The summed E-state index contributed by atoms with van der Waals surface area (Å²) in [5.74, 6) is -6.60. The van der Waals surface area contributed by atoms with E-state index in [0.717, 1.165) is 0 Å². The number of hydrogen-bond donors (Lipinski definition) is 2. The van der Waals surface area contributed by atoms with Gasteiger partial charge in [0.2, 0.25) is 12.7 Å². The maximum atomic E-state index is 13.0. The zero-order valence-electron chi connectivity index (χ0n) is 17.0. The fraction of sp³-hybridized carbons (Fsp3) is 0.286. The van der Waals surface area contributed by atoms with Gasteiger partial charge in [0.1, 0.15) is 11.3 Å². The average Bonchev–Trinajstić information content (AvgIpc) is 2.73. The molecule has 0 saturated heterocycles. The predicted octanol–water partition coefficient (Wildman–Crippen LogP) is 2.14. The van der Waals surface area contributed by atoms with Gasteiger partial charge in [0.05, 0.1) is 17.9 Å². The molecule has 1 atom stereocenters. The molecule has 0 bridgehead atoms. The van der Waals surface area contributed by atoms with Crippen LogP contribution in [-0.2, 0) is 20.7 Å². The minimum Gasteiger partial charge on any atom is -0.534 e. The lowest BCUT2D eigenvalue weighted by atomic mass is 9.72. The van der Waals surface area contributed by atoms with E-state index in [4.69, 9.17) is 14.1 Å². The van der Waals surface area contributed by atoms with Crippen LogP contribution in [0.25, 0.3) is 0 Å². The zero-order valence-corrected chi connectivity index (χ0v) is 17.0. The van der Waals surface area contributed by atoms with Crippen molar-refractivity contribution >= 4 is 25.0 Å². The van der Waals surface area contributed by atoms with Crippen LogP contribution in [-0.4, -0.2) is 48.6 Å². The molecular formula is C21H20BF2NO7. The SMILES string of the molecule is CC(F)(F)CC(=O)NC1Cc2cccc(C(=O)OCOC(=O)c3ccccc3)c2OB1O. The third-order valence-electron chi connectivity index (χ3n) is 4.55. The third-order valence-corrected chi connectivity index (χ3v) is 4.55. The Bertz CT molecular complexity index is 997. The first-order valence-electron chi connectivity index (χ1n) is 9.67. The second kappa shape index (κ2) is 9.78. The van der Waals surface area contributed by atoms with Crippen molar-refractivity contribution in [2.75, 3.05) is 6.79 Å². The Morgan fingerprint density at radius 3 is 2.50 bits per heavy atom. The first kappa shape index (κ1) is 23.2. The summed E-state index contributed by atoms with van der Waals surface area (Å²) in [6.07, 6.45) is -0.987. The van der Waals surface area contributed by atoms with Gasteiger partial charge < -0.3 is 24.5 Å². The highest BCUT2D eigenvalue weighted by atomic mass is 19.3. The molecule has 1 aliphatic heterocycles. The molecule has 2 aromatic carbocycles. The molecule has 1 aliphatic rings. The van der Waals surface area contributed by atoms with Crippen molar-refractivity contribution in [3.63, 3.8) is 0 Å². The molecule has 0 aromatic heterocycles. The molecule has 168 valence electrons. The van der Waals surface area contributed by atoms with Crippen LogP contribution >= 0.6 is 0 Å². The van der Waals surface area contributed by atoms with Gasteiger partial charge in [0.25, 0.3) is 5.92 Å². The van der Waals surface area contributed by atoms with E-state index in [1.807, 2.05) is 0 Å². The third kappa shape index (κ3) is 6.04. The van der Waals surface area contributed by atoms with Gasteiger partial charge in [-0.05, 0) is 37.1 Å². The number of halogens is 2. The standard InChI is InChI=1S/C21H20BF2NO7/c1-21(23,24)11-17(26)25-16-10-14-8-5-9-15(18(14)32-22(16)29)20(28)31-12-30-19(27)13-6-3-2-4-7-13/h2-9,16,29H,10-12H2,1H3,(H,25,26). The van der Waals surface area contributed by atoms with E-state index in [-0.39, 0.29) is 17.7 Å². The Balaban J connectivity index is 1.61. The summed E-state index contributed by atoms with van der Waals surface area (Å²) < 4.78 is 41.3. The van der Waals surface area contributed by atoms with Crippen molar-refractivity contribution in [3.8, 4) is 5.75 Å². The van der Waals surface area contributed by atoms with Crippen LogP contribution in [0.15, 0.2) is 48.5 Å². The summed E-state index contributed by atoms with van der Waals surface area (Å²) in [5.41, 5.74) is 0.725. The number of amides is 1.